The van der Waals surface area contributed by atoms with Gasteiger partial charge in [-0.05, 0) is 23.6 Å². The summed E-state index contributed by atoms with van der Waals surface area (Å²) >= 11 is 0. The molecule has 1 atom stereocenters. The van der Waals surface area contributed by atoms with Gasteiger partial charge in [0.15, 0.2) is 11.9 Å². The van der Waals surface area contributed by atoms with E-state index >= 15 is 0 Å². The minimum Gasteiger partial charge on any atom is -0.373 e. The molecule has 3 heteroatoms. The van der Waals surface area contributed by atoms with Crippen LogP contribution in [0.3, 0.4) is 0 Å². The first-order valence-corrected chi connectivity index (χ1v) is 6.15. The van der Waals surface area contributed by atoms with Gasteiger partial charge in [-0.15, -0.1) is 0 Å². The van der Waals surface area contributed by atoms with E-state index in [2.05, 4.69) is 0 Å². The van der Waals surface area contributed by atoms with Gasteiger partial charge in [0.25, 0.3) is 0 Å². The zero-order valence-corrected chi connectivity index (χ0v) is 10.6. The van der Waals surface area contributed by atoms with Crippen molar-refractivity contribution in [2.75, 3.05) is 0 Å². The van der Waals surface area contributed by atoms with Crippen LogP contribution in [-0.4, -0.2) is 11.4 Å². The molecule has 0 radical (unpaired) electrons. The molecule has 1 unspecified atom stereocenters. The lowest BCUT2D eigenvalue weighted by Gasteiger charge is -2.23. The van der Waals surface area contributed by atoms with Crippen molar-refractivity contribution in [1.82, 2.24) is 0 Å². The largest absolute Gasteiger partial charge is 0.373 e. The molecule has 0 fully saturated rings. The number of aliphatic hydroxyl groups is 1. The summed E-state index contributed by atoms with van der Waals surface area (Å²) in [6, 6.07) is 12.7. The molecule has 2 aromatic carbocycles. The average Bonchev–Trinajstić information content (AvgIpc) is 2.47. The summed E-state index contributed by atoms with van der Waals surface area (Å²) in [5, 5.41) is 10.5. The fraction of sp³-hybridized carbons (Fsp3) is 0.188. The molecule has 0 aliphatic carbocycles. The Morgan fingerprint density at radius 3 is 2.32 bits per heavy atom. The van der Waals surface area contributed by atoms with Crippen molar-refractivity contribution < 1.29 is 14.3 Å². The number of aryl methyl sites for hydroxylation is 1. The summed E-state index contributed by atoms with van der Waals surface area (Å²) in [4.78, 5) is 11.3. The molecule has 0 aliphatic heterocycles. The lowest BCUT2D eigenvalue weighted by atomic mass is 9.87. The normalized spacial score (nSPS) is 13.8. The minimum atomic E-state index is -1.95. The van der Waals surface area contributed by atoms with Crippen LogP contribution in [0.4, 0.5) is 4.39 Å². The Labute approximate surface area is 111 Å². The van der Waals surface area contributed by atoms with E-state index in [1.54, 1.807) is 18.2 Å². The Kier molecular flexibility index (Phi) is 3.76. The van der Waals surface area contributed by atoms with Gasteiger partial charge in [0.2, 0.25) is 0 Å². The van der Waals surface area contributed by atoms with Crippen molar-refractivity contribution in [2.24, 2.45) is 0 Å². The Morgan fingerprint density at radius 2 is 1.79 bits per heavy atom. The van der Waals surface area contributed by atoms with E-state index in [4.69, 9.17) is 0 Å². The summed E-state index contributed by atoms with van der Waals surface area (Å²) in [5.74, 6) is -0.600. The van der Waals surface area contributed by atoms with Crippen molar-refractivity contribution >= 4 is 6.29 Å². The molecular formula is C16H15FO2. The lowest BCUT2D eigenvalue weighted by molar-refractivity contribution is -0.121. The molecule has 2 rings (SSSR count). The molecule has 0 saturated heterocycles. The fourth-order valence-corrected chi connectivity index (χ4v) is 2.05. The van der Waals surface area contributed by atoms with Crippen molar-refractivity contribution in [3.8, 4) is 0 Å². The van der Waals surface area contributed by atoms with Crippen LogP contribution in [-0.2, 0) is 16.8 Å². The molecule has 19 heavy (non-hydrogen) atoms. The topological polar surface area (TPSA) is 37.3 Å². The predicted octanol–water partition coefficient (Wildman–Crippen LogP) is 2.82. The van der Waals surface area contributed by atoms with E-state index in [9.17, 15) is 14.3 Å². The first-order chi connectivity index (χ1) is 9.11. The molecule has 2 aromatic rings. The molecule has 0 amide bonds. The van der Waals surface area contributed by atoms with Crippen molar-refractivity contribution in [2.45, 2.75) is 18.9 Å². The van der Waals surface area contributed by atoms with Crippen LogP contribution in [0.5, 0.6) is 0 Å². The van der Waals surface area contributed by atoms with Gasteiger partial charge >= 0.3 is 0 Å². The SMILES string of the molecule is CCc1ccc(C(O)(C=O)c2ccccc2F)cc1. The molecule has 0 aliphatic rings. The van der Waals surface area contributed by atoms with Crippen LogP contribution in [0.25, 0.3) is 0 Å². The van der Waals surface area contributed by atoms with E-state index in [-0.39, 0.29) is 5.56 Å². The van der Waals surface area contributed by atoms with E-state index < -0.39 is 11.4 Å². The van der Waals surface area contributed by atoms with Crippen LogP contribution in [0.2, 0.25) is 0 Å². The average molecular weight is 258 g/mol. The maximum absolute atomic E-state index is 13.8. The van der Waals surface area contributed by atoms with Gasteiger partial charge in [0.05, 0.1) is 0 Å². The highest BCUT2D eigenvalue weighted by Gasteiger charge is 2.33. The van der Waals surface area contributed by atoms with Crippen molar-refractivity contribution in [3.63, 3.8) is 0 Å². The number of halogens is 1. The Bertz CT molecular complexity index is 578. The summed E-state index contributed by atoms with van der Waals surface area (Å²) < 4.78 is 13.8. The van der Waals surface area contributed by atoms with Crippen LogP contribution >= 0.6 is 0 Å². The third-order valence-corrected chi connectivity index (χ3v) is 3.26. The maximum Gasteiger partial charge on any atom is 0.173 e. The van der Waals surface area contributed by atoms with Gasteiger partial charge in [-0.2, -0.15) is 0 Å². The molecule has 0 heterocycles. The summed E-state index contributed by atoms with van der Waals surface area (Å²) in [6.45, 7) is 2.01. The number of rotatable bonds is 4. The zero-order valence-electron chi connectivity index (χ0n) is 10.6. The molecule has 0 spiro atoms. The summed E-state index contributed by atoms with van der Waals surface area (Å²) in [7, 11) is 0. The highest BCUT2D eigenvalue weighted by Crippen LogP contribution is 2.29. The number of hydrogen-bond donors (Lipinski definition) is 1. The molecule has 1 N–H and O–H groups in total. The van der Waals surface area contributed by atoms with Gasteiger partial charge in [0, 0.05) is 5.56 Å². The number of aldehydes is 1. The molecular weight excluding hydrogens is 243 g/mol. The third-order valence-electron chi connectivity index (χ3n) is 3.26. The molecule has 98 valence electrons. The van der Waals surface area contributed by atoms with Crippen molar-refractivity contribution in [1.29, 1.82) is 0 Å². The molecule has 0 bridgehead atoms. The van der Waals surface area contributed by atoms with Crippen LogP contribution in [0.1, 0.15) is 23.6 Å². The van der Waals surface area contributed by atoms with Crippen LogP contribution in [0, 0.1) is 5.82 Å². The Hall–Kier alpha value is -2.00. The van der Waals surface area contributed by atoms with E-state index in [1.807, 2.05) is 19.1 Å². The molecule has 2 nitrogen and oxygen atoms in total. The fourth-order valence-electron chi connectivity index (χ4n) is 2.05. The summed E-state index contributed by atoms with van der Waals surface area (Å²) in [6.07, 6.45) is 1.23. The second-order valence-electron chi connectivity index (χ2n) is 4.41. The monoisotopic (exact) mass is 258 g/mol. The zero-order chi connectivity index (χ0) is 13.9. The quantitative estimate of drug-likeness (QED) is 0.856. The standard InChI is InChI=1S/C16H15FO2/c1-2-12-7-9-13(10-8-12)16(19,11-18)14-5-3-4-6-15(14)17/h3-11,19H,2H2,1H3. The van der Waals surface area contributed by atoms with E-state index in [0.717, 1.165) is 12.0 Å². The van der Waals surface area contributed by atoms with Crippen molar-refractivity contribution in [3.05, 3.63) is 71.0 Å². The minimum absolute atomic E-state index is 0.0331. The first kappa shape index (κ1) is 13.4. The van der Waals surface area contributed by atoms with Gasteiger partial charge in [-0.1, -0.05) is 49.4 Å². The number of carbonyl (C=O) groups excluding carboxylic acids is 1. The smallest absolute Gasteiger partial charge is 0.173 e. The highest BCUT2D eigenvalue weighted by atomic mass is 19.1. The Morgan fingerprint density at radius 1 is 1.16 bits per heavy atom. The first-order valence-electron chi connectivity index (χ1n) is 6.15. The molecule has 0 aromatic heterocycles. The van der Waals surface area contributed by atoms with E-state index in [0.29, 0.717) is 11.8 Å². The number of carbonyl (C=O) groups is 1. The van der Waals surface area contributed by atoms with Crippen LogP contribution < -0.4 is 0 Å². The lowest BCUT2D eigenvalue weighted by Crippen LogP contribution is -2.30. The summed E-state index contributed by atoms with van der Waals surface area (Å²) in [5.41, 5.74) is -0.526. The van der Waals surface area contributed by atoms with E-state index in [1.165, 1.54) is 18.2 Å². The Balaban J connectivity index is 2.53. The molecule has 0 saturated carbocycles. The highest BCUT2D eigenvalue weighted by molar-refractivity contribution is 5.72. The van der Waals surface area contributed by atoms with Gasteiger partial charge in [0.1, 0.15) is 5.82 Å². The van der Waals surface area contributed by atoms with Crippen LogP contribution in [0.15, 0.2) is 48.5 Å². The second kappa shape index (κ2) is 5.33. The van der Waals surface area contributed by atoms with Gasteiger partial charge < -0.3 is 5.11 Å². The second-order valence-corrected chi connectivity index (χ2v) is 4.41. The number of hydrogen-bond acceptors (Lipinski definition) is 2. The predicted molar refractivity (Wildman–Crippen MR) is 71.3 cm³/mol. The maximum atomic E-state index is 13.8. The van der Waals surface area contributed by atoms with Gasteiger partial charge in [-0.25, -0.2) is 4.39 Å². The number of benzene rings is 2. The van der Waals surface area contributed by atoms with Gasteiger partial charge in [-0.3, -0.25) is 4.79 Å². The third kappa shape index (κ3) is 2.42.